The highest BCUT2D eigenvalue weighted by atomic mass is 19.1. The number of carbonyl (C=O) groups excluding carboxylic acids is 1. The summed E-state index contributed by atoms with van der Waals surface area (Å²) < 4.78 is 19.5. The van der Waals surface area contributed by atoms with Gasteiger partial charge in [-0.05, 0) is 50.5 Å². The van der Waals surface area contributed by atoms with Crippen LogP contribution in [0.2, 0.25) is 0 Å². The van der Waals surface area contributed by atoms with Crippen molar-refractivity contribution < 1.29 is 13.9 Å². The first-order valence-electron chi connectivity index (χ1n) is 10.2. The molecule has 154 valence electrons. The van der Waals surface area contributed by atoms with Crippen molar-refractivity contribution in [1.29, 1.82) is 0 Å². The number of hydrogen-bond acceptors (Lipinski definition) is 4. The molecule has 7 heteroatoms. The molecule has 1 aliphatic carbocycles. The molecule has 6 nitrogen and oxygen atoms in total. The van der Waals surface area contributed by atoms with Gasteiger partial charge >= 0.3 is 0 Å². The smallest absolute Gasteiger partial charge is 0.225 e. The van der Waals surface area contributed by atoms with Crippen molar-refractivity contribution in [3.05, 3.63) is 59.3 Å². The standard InChI is InChI=1S/C23H23FN4O2/c1-13-21(14(2)28-27-13)15-3-5-17(6-4-15)26-20(29)10-19-18-9-16(24)11-25-22(18)30-12-23(19)7-8-23/h3-6,9,11,19H,7-8,10,12H2,1-2H3,(H,26,29)(H,27,28). The Morgan fingerprint density at radius 1 is 1.30 bits per heavy atom. The van der Waals surface area contributed by atoms with Crippen LogP contribution in [0.3, 0.4) is 0 Å². The zero-order valence-electron chi connectivity index (χ0n) is 17.0. The van der Waals surface area contributed by atoms with Gasteiger partial charge in [-0.2, -0.15) is 5.10 Å². The molecule has 0 saturated heterocycles. The predicted octanol–water partition coefficient (Wildman–Crippen LogP) is 4.51. The fourth-order valence-corrected chi connectivity index (χ4v) is 4.53. The van der Waals surface area contributed by atoms with Gasteiger partial charge in [0.1, 0.15) is 5.82 Å². The van der Waals surface area contributed by atoms with Crippen LogP contribution in [0, 0.1) is 25.1 Å². The van der Waals surface area contributed by atoms with Gasteiger partial charge in [0.2, 0.25) is 11.8 Å². The lowest BCUT2D eigenvalue weighted by molar-refractivity contribution is -0.117. The molecular weight excluding hydrogens is 383 g/mol. The van der Waals surface area contributed by atoms with E-state index >= 15 is 0 Å². The Labute approximate surface area is 173 Å². The van der Waals surface area contributed by atoms with Crippen molar-refractivity contribution in [2.75, 3.05) is 11.9 Å². The van der Waals surface area contributed by atoms with Crippen molar-refractivity contribution in [2.45, 2.75) is 39.0 Å². The van der Waals surface area contributed by atoms with Crippen LogP contribution in [0.5, 0.6) is 5.88 Å². The Hall–Kier alpha value is -3.22. The van der Waals surface area contributed by atoms with Crippen molar-refractivity contribution >= 4 is 11.6 Å². The van der Waals surface area contributed by atoms with Gasteiger partial charge in [0.05, 0.1) is 18.5 Å². The largest absolute Gasteiger partial charge is 0.477 e. The molecule has 1 unspecified atom stereocenters. The number of anilines is 1. The SMILES string of the molecule is Cc1n[nH]c(C)c1-c1ccc(NC(=O)CC2c3cc(F)cnc3OCC23CC3)cc1. The predicted molar refractivity (Wildman–Crippen MR) is 111 cm³/mol. The Bertz CT molecular complexity index is 1100. The number of pyridine rings is 1. The molecule has 2 N–H and O–H groups in total. The summed E-state index contributed by atoms with van der Waals surface area (Å²) in [5.41, 5.74) is 5.45. The van der Waals surface area contributed by atoms with E-state index in [2.05, 4.69) is 20.5 Å². The van der Waals surface area contributed by atoms with Crippen LogP contribution in [-0.2, 0) is 4.79 Å². The summed E-state index contributed by atoms with van der Waals surface area (Å²) >= 11 is 0. The molecule has 1 atom stereocenters. The van der Waals surface area contributed by atoms with Crippen molar-refractivity contribution in [3.8, 4) is 17.0 Å². The van der Waals surface area contributed by atoms with Gasteiger partial charge in [-0.25, -0.2) is 9.37 Å². The molecule has 3 aromatic rings. The number of rotatable bonds is 4. The molecule has 5 rings (SSSR count). The third-order valence-electron chi connectivity index (χ3n) is 6.32. The topological polar surface area (TPSA) is 79.9 Å². The molecule has 1 saturated carbocycles. The molecule has 0 bridgehead atoms. The summed E-state index contributed by atoms with van der Waals surface area (Å²) in [5, 5.41) is 10.2. The molecule has 30 heavy (non-hydrogen) atoms. The second kappa shape index (κ2) is 6.93. The number of aryl methyl sites for hydroxylation is 2. The zero-order valence-corrected chi connectivity index (χ0v) is 17.0. The molecular formula is C23H23FN4O2. The number of aromatic amines is 1. The van der Waals surface area contributed by atoms with Gasteiger partial charge in [0, 0.05) is 40.3 Å². The molecule has 1 aromatic carbocycles. The first kappa shape index (κ1) is 18.8. The van der Waals surface area contributed by atoms with E-state index in [0.717, 1.165) is 47.2 Å². The zero-order chi connectivity index (χ0) is 20.9. The van der Waals surface area contributed by atoms with E-state index in [4.69, 9.17) is 4.74 Å². The summed E-state index contributed by atoms with van der Waals surface area (Å²) in [6, 6.07) is 9.21. The number of benzene rings is 1. The number of ether oxygens (including phenoxy) is 1. The van der Waals surface area contributed by atoms with E-state index < -0.39 is 5.82 Å². The summed E-state index contributed by atoms with van der Waals surface area (Å²) in [6.07, 6.45) is 3.41. The van der Waals surface area contributed by atoms with Crippen LogP contribution in [0.4, 0.5) is 10.1 Å². The minimum Gasteiger partial charge on any atom is -0.477 e. The number of amides is 1. The van der Waals surface area contributed by atoms with E-state index in [-0.39, 0.29) is 23.7 Å². The highest BCUT2D eigenvalue weighted by Gasteiger charge is 2.54. The Morgan fingerprint density at radius 3 is 2.73 bits per heavy atom. The number of H-pyrrole nitrogens is 1. The second-order valence-electron chi connectivity index (χ2n) is 8.39. The number of aromatic nitrogens is 3. The molecule has 0 radical (unpaired) electrons. The molecule has 1 fully saturated rings. The Balaban J connectivity index is 1.33. The highest BCUT2D eigenvalue weighted by molar-refractivity contribution is 5.91. The van der Waals surface area contributed by atoms with Crippen LogP contribution in [0.1, 0.15) is 42.1 Å². The second-order valence-corrected chi connectivity index (χ2v) is 8.39. The minimum atomic E-state index is -0.402. The summed E-state index contributed by atoms with van der Waals surface area (Å²) in [7, 11) is 0. The number of fused-ring (bicyclic) bond motifs is 1. The molecule has 1 spiro atoms. The molecule has 1 amide bonds. The quantitative estimate of drug-likeness (QED) is 0.668. The number of nitrogens with zero attached hydrogens (tertiary/aromatic N) is 2. The average Bonchev–Trinajstić information content (AvgIpc) is 3.43. The van der Waals surface area contributed by atoms with Crippen molar-refractivity contribution in [2.24, 2.45) is 5.41 Å². The first-order chi connectivity index (χ1) is 14.4. The molecule has 1 aliphatic heterocycles. The van der Waals surface area contributed by atoms with Crippen LogP contribution in [-0.4, -0.2) is 27.7 Å². The Morgan fingerprint density at radius 2 is 2.07 bits per heavy atom. The number of halogens is 1. The maximum Gasteiger partial charge on any atom is 0.225 e. The monoisotopic (exact) mass is 406 g/mol. The van der Waals surface area contributed by atoms with E-state index in [0.29, 0.717) is 18.1 Å². The lowest BCUT2D eigenvalue weighted by Crippen LogP contribution is -2.31. The van der Waals surface area contributed by atoms with Crippen LogP contribution < -0.4 is 10.1 Å². The number of nitrogens with one attached hydrogen (secondary N) is 2. The van der Waals surface area contributed by atoms with Gasteiger partial charge in [0.25, 0.3) is 0 Å². The lowest BCUT2D eigenvalue weighted by atomic mass is 9.80. The van der Waals surface area contributed by atoms with E-state index in [1.54, 1.807) is 0 Å². The van der Waals surface area contributed by atoms with Gasteiger partial charge in [-0.15, -0.1) is 0 Å². The average molecular weight is 406 g/mol. The highest BCUT2D eigenvalue weighted by Crippen LogP contribution is 2.60. The summed E-state index contributed by atoms with van der Waals surface area (Å²) in [5.74, 6) is -0.130. The molecule has 2 aromatic heterocycles. The Kier molecular flexibility index (Phi) is 4.34. The fraction of sp³-hybridized carbons (Fsp3) is 0.348. The van der Waals surface area contributed by atoms with E-state index in [1.807, 2.05) is 38.1 Å². The first-order valence-corrected chi connectivity index (χ1v) is 10.2. The van der Waals surface area contributed by atoms with Crippen LogP contribution >= 0.6 is 0 Å². The lowest BCUT2D eigenvalue weighted by Gasteiger charge is -2.32. The van der Waals surface area contributed by atoms with Crippen molar-refractivity contribution in [3.63, 3.8) is 0 Å². The summed E-state index contributed by atoms with van der Waals surface area (Å²) in [6.45, 7) is 4.49. The number of carbonyl (C=O) groups is 1. The fourth-order valence-electron chi connectivity index (χ4n) is 4.53. The van der Waals surface area contributed by atoms with E-state index in [1.165, 1.54) is 6.07 Å². The molecule has 3 heterocycles. The van der Waals surface area contributed by atoms with Crippen molar-refractivity contribution in [1.82, 2.24) is 15.2 Å². The van der Waals surface area contributed by atoms with Gasteiger partial charge < -0.3 is 10.1 Å². The minimum absolute atomic E-state index is 0.0694. The maximum atomic E-state index is 13.8. The van der Waals surface area contributed by atoms with Crippen LogP contribution in [0.25, 0.3) is 11.1 Å². The van der Waals surface area contributed by atoms with Crippen LogP contribution in [0.15, 0.2) is 36.5 Å². The normalized spacial score (nSPS) is 18.6. The van der Waals surface area contributed by atoms with Gasteiger partial charge in [-0.1, -0.05) is 12.1 Å². The number of hydrogen-bond donors (Lipinski definition) is 2. The molecule has 2 aliphatic rings. The third kappa shape index (κ3) is 3.24. The third-order valence-corrected chi connectivity index (χ3v) is 6.32. The van der Waals surface area contributed by atoms with Gasteiger partial charge in [-0.3, -0.25) is 9.89 Å². The van der Waals surface area contributed by atoms with Gasteiger partial charge in [0.15, 0.2) is 0 Å². The summed E-state index contributed by atoms with van der Waals surface area (Å²) in [4.78, 5) is 16.9. The van der Waals surface area contributed by atoms with E-state index in [9.17, 15) is 9.18 Å². The maximum absolute atomic E-state index is 13.8.